The van der Waals surface area contributed by atoms with Crippen LogP contribution >= 0.6 is 0 Å². The number of halogens is 3. The van der Waals surface area contributed by atoms with E-state index in [1.165, 1.54) is 0 Å². The Labute approximate surface area is 121 Å². The molecule has 0 spiro atoms. The van der Waals surface area contributed by atoms with Crippen molar-refractivity contribution in [3.05, 3.63) is 36.5 Å². The van der Waals surface area contributed by atoms with Crippen LogP contribution in [0.15, 0.2) is 36.5 Å². The van der Waals surface area contributed by atoms with Crippen molar-refractivity contribution in [1.82, 2.24) is 4.98 Å². The van der Waals surface area contributed by atoms with Crippen molar-refractivity contribution < 1.29 is 13.2 Å². The van der Waals surface area contributed by atoms with Crippen molar-refractivity contribution in [2.75, 3.05) is 5.32 Å². The fourth-order valence-electron chi connectivity index (χ4n) is 3.07. The molecule has 3 rings (SSSR count). The van der Waals surface area contributed by atoms with Crippen LogP contribution in [0.3, 0.4) is 0 Å². The molecule has 2 atom stereocenters. The summed E-state index contributed by atoms with van der Waals surface area (Å²) in [5.74, 6) is -1.18. The van der Waals surface area contributed by atoms with Gasteiger partial charge in [0.25, 0.3) is 0 Å². The zero-order chi connectivity index (χ0) is 14.9. The van der Waals surface area contributed by atoms with Gasteiger partial charge in [-0.3, -0.25) is 4.98 Å². The smallest absolute Gasteiger partial charge is 0.382 e. The highest BCUT2D eigenvalue weighted by Crippen LogP contribution is 2.38. The second-order valence-corrected chi connectivity index (χ2v) is 5.62. The molecule has 2 unspecified atom stereocenters. The molecule has 21 heavy (non-hydrogen) atoms. The van der Waals surface area contributed by atoms with Crippen LogP contribution in [0.5, 0.6) is 0 Å². The quantitative estimate of drug-likeness (QED) is 0.863. The zero-order valence-electron chi connectivity index (χ0n) is 11.5. The first-order chi connectivity index (χ1) is 10.0. The van der Waals surface area contributed by atoms with Crippen LogP contribution in [0.25, 0.3) is 10.9 Å². The Kier molecular flexibility index (Phi) is 3.74. The van der Waals surface area contributed by atoms with Gasteiger partial charge in [0.2, 0.25) is 0 Å². The molecule has 1 aromatic heterocycles. The number of benzene rings is 1. The number of fused-ring (bicyclic) bond motifs is 1. The number of anilines is 1. The second kappa shape index (κ2) is 5.54. The monoisotopic (exact) mass is 294 g/mol. The molecule has 1 saturated carbocycles. The number of rotatable bonds is 2. The summed E-state index contributed by atoms with van der Waals surface area (Å²) < 4.78 is 38.6. The Balaban J connectivity index is 1.79. The predicted molar refractivity (Wildman–Crippen MR) is 77.2 cm³/mol. The third-order valence-corrected chi connectivity index (χ3v) is 4.14. The van der Waals surface area contributed by atoms with Crippen molar-refractivity contribution >= 4 is 16.6 Å². The van der Waals surface area contributed by atoms with Crippen molar-refractivity contribution in [1.29, 1.82) is 0 Å². The number of nitrogens with one attached hydrogen (secondary N) is 1. The minimum atomic E-state index is -4.08. The van der Waals surface area contributed by atoms with Crippen LogP contribution in [0.4, 0.5) is 18.9 Å². The molecule has 0 saturated heterocycles. The first kappa shape index (κ1) is 14.2. The summed E-state index contributed by atoms with van der Waals surface area (Å²) in [5, 5.41) is 4.24. The van der Waals surface area contributed by atoms with Crippen molar-refractivity contribution in [2.45, 2.75) is 37.9 Å². The zero-order valence-corrected chi connectivity index (χ0v) is 11.5. The van der Waals surface area contributed by atoms with E-state index in [0.29, 0.717) is 6.42 Å². The highest BCUT2D eigenvalue weighted by molar-refractivity contribution is 5.91. The summed E-state index contributed by atoms with van der Waals surface area (Å²) in [7, 11) is 0. The lowest BCUT2D eigenvalue weighted by Crippen LogP contribution is -2.34. The third-order valence-electron chi connectivity index (χ3n) is 4.14. The number of pyridine rings is 1. The van der Waals surface area contributed by atoms with E-state index in [2.05, 4.69) is 10.3 Å². The summed E-state index contributed by atoms with van der Waals surface area (Å²) in [6.45, 7) is 0. The van der Waals surface area contributed by atoms with Crippen LogP contribution in [0.1, 0.15) is 25.7 Å². The molecule has 112 valence electrons. The van der Waals surface area contributed by atoms with E-state index in [9.17, 15) is 13.2 Å². The number of aromatic nitrogens is 1. The minimum absolute atomic E-state index is 0.129. The van der Waals surface area contributed by atoms with Gasteiger partial charge in [0.15, 0.2) is 0 Å². The normalized spacial score (nSPS) is 23.2. The molecule has 2 nitrogen and oxygen atoms in total. The molecule has 1 heterocycles. The topological polar surface area (TPSA) is 24.9 Å². The molecule has 2 aromatic rings. The summed E-state index contributed by atoms with van der Waals surface area (Å²) in [5.41, 5.74) is 1.72. The van der Waals surface area contributed by atoms with E-state index in [0.717, 1.165) is 23.0 Å². The van der Waals surface area contributed by atoms with Gasteiger partial charge < -0.3 is 5.32 Å². The largest absolute Gasteiger partial charge is 0.391 e. The average Bonchev–Trinajstić information content (AvgIpc) is 2.47. The van der Waals surface area contributed by atoms with Crippen molar-refractivity contribution in [3.8, 4) is 0 Å². The Hall–Kier alpha value is -1.78. The van der Waals surface area contributed by atoms with Gasteiger partial charge in [-0.05, 0) is 43.5 Å². The predicted octanol–water partition coefficient (Wildman–Crippen LogP) is 4.77. The summed E-state index contributed by atoms with van der Waals surface area (Å²) in [6, 6.07) is 9.33. The van der Waals surface area contributed by atoms with Gasteiger partial charge >= 0.3 is 6.18 Å². The number of hydrogen-bond donors (Lipinski definition) is 1. The molecule has 0 bridgehead atoms. The molecule has 1 fully saturated rings. The van der Waals surface area contributed by atoms with Crippen molar-refractivity contribution in [2.24, 2.45) is 5.92 Å². The first-order valence-electron chi connectivity index (χ1n) is 7.21. The summed E-state index contributed by atoms with van der Waals surface area (Å²) in [6.07, 6.45) is -0.569. The highest BCUT2D eigenvalue weighted by atomic mass is 19.4. The van der Waals surface area contributed by atoms with Gasteiger partial charge in [-0.2, -0.15) is 13.2 Å². The van der Waals surface area contributed by atoms with Gasteiger partial charge in [0.05, 0.1) is 11.4 Å². The van der Waals surface area contributed by atoms with Gasteiger partial charge in [0.1, 0.15) is 0 Å². The molecule has 0 radical (unpaired) electrons. The van der Waals surface area contributed by atoms with Crippen LogP contribution in [-0.4, -0.2) is 17.2 Å². The molecule has 0 aliphatic heterocycles. The van der Waals surface area contributed by atoms with E-state index >= 15 is 0 Å². The van der Waals surface area contributed by atoms with Crippen molar-refractivity contribution in [3.63, 3.8) is 0 Å². The third kappa shape index (κ3) is 3.12. The van der Waals surface area contributed by atoms with Crippen LogP contribution in [0.2, 0.25) is 0 Å². The maximum atomic E-state index is 12.9. The SMILES string of the molecule is FC(F)(F)C1CCCC(Nc2cccc3ncccc23)C1. The Morgan fingerprint density at radius 1 is 1.10 bits per heavy atom. The number of alkyl halides is 3. The molecular weight excluding hydrogens is 277 g/mol. The Morgan fingerprint density at radius 2 is 1.95 bits per heavy atom. The lowest BCUT2D eigenvalue weighted by atomic mass is 9.85. The van der Waals surface area contributed by atoms with Gasteiger partial charge in [-0.25, -0.2) is 0 Å². The molecule has 1 aromatic carbocycles. The van der Waals surface area contributed by atoms with Crippen LogP contribution < -0.4 is 5.32 Å². The van der Waals surface area contributed by atoms with Crippen LogP contribution in [-0.2, 0) is 0 Å². The standard InChI is InChI=1S/C16H17F3N2/c17-16(18,19)11-4-1-5-12(10-11)21-15-8-2-7-14-13(15)6-3-9-20-14/h2-3,6-9,11-12,21H,1,4-5,10H2. The summed E-state index contributed by atoms with van der Waals surface area (Å²) in [4.78, 5) is 4.27. The molecule has 1 N–H and O–H groups in total. The van der Waals surface area contributed by atoms with Crippen LogP contribution in [0, 0.1) is 5.92 Å². The highest BCUT2D eigenvalue weighted by Gasteiger charge is 2.42. The van der Waals surface area contributed by atoms with Gasteiger partial charge in [-0.1, -0.05) is 12.5 Å². The van der Waals surface area contributed by atoms with E-state index in [4.69, 9.17) is 0 Å². The fourth-order valence-corrected chi connectivity index (χ4v) is 3.07. The lowest BCUT2D eigenvalue weighted by Gasteiger charge is -2.31. The number of nitrogens with zero attached hydrogens (tertiary/aromatic N) is 1. The molecule has 5 heteroatoms. The summed E-state index contributed by atoms with van der Waals surface area (Å²) >= 11 is 0. The first-order valence-corrected chi connectivity index (χ1v) is 7.21. The Morgan fingerprint density at radius 3 is 2.76 bits per heavy atom. The molecule has 0 amide bonds. The Bertz CT molecular complexity index is 619. The lowest BCUT2D eigenvalue weighted by molar-refractivity contribution is -0.182. The fraction of sp³-hybridized carbons (Fsp3) is 0.438. The van der Waals surface area contributed by atoms with Gasteiger partial charge in [-0.15, -0.1) is 0 Å². The molecule has 1 aliphatic carbocycles. The van der Waals surface area contributed by atoms with Gasteiger partial charge in [0, 0.05) is 23.3 Å². The number of hydrogen-bond acceptors (Lipinski definition) is 2. The van der Waals surface area contributed by atoms with E-state index < -0.39 is 12.1 Å². The molecule has 1 aliphatic rings. The van der Waals surface area contributed by atoms with E-state index in [1.54, 1.807) is 6.20 Å². The van der Waals surface area contributed by atoms with E-state index in [-0.39, 0.29) is 18.9 Å². The van der Waals surface area contributed by atoms with E-state index in [1.807, 2.05) is 30.3 Å². The maximum absolute atomic E-state index is 12.9. The average molecular weight is 294 g/mol. The second-order valence-electron chi connectivity index (χ2n) is 5.62. The minimum Gasteiger partial charge on any atom is -0.382 e. The molecular formula is C16H17F3N2. The maximum Gasteiger partial charge on any atom is 0.391 e.